The minimum atomic E-state index is 0.445. The van der Waals surface area contributed by atoms with Crippen LogP contribution < -0.4 is 5.32 Å². The van der Waals surface area contributed by atoms with Gasteiger partial charge in [0.05, 0.1) is 5.02 Å². The van der Waals surface area contributed by atoms with E-state index < -0.39 is 0 Å². The molecule has 2 heterocycles. The highest BCUT2D eigenvalue weighted by Crippen LogP contribution is 2.27. The first-order chi connectivity index (χ1) is 5.88. The maximum absolute atomic E-state index is 6.00. The lowest BCUT2D eigenvalue weighted by Gasteiger charge is -2.11. The number of nitrogens with one attached hydrogen (secondary N) is 1. The molecule has 0 bridgehead atoms. The van der Waals surface area contributed by atoms with Crippen LogP contribution in [-0.2, 0) is 0 Å². The summed E-state index contributed by atoms with van der Waals surface area (Å²) < 4.78 is 0. The van der Waals surface area contributed by atoms with Gasteiger partial charge < -0.3 is 5.32 Å². The minimum Gasteiger partial charge on any atom is -0.310 e. The Bertz CT molecular complexity index is 269. The van der Waals surface area contributed by atoms with Crippen LogP contribution in [0.1, 0.15) is 24.4 Å². The molecule has 0 amide bonds. The molecule has 1 atom stereocenters. The fourth-order valence-corrected chi connectivity index (χ4v) is 1.87. The van der Waals surface area contributed by atoms with Crippen LogP contribution in [-0.4, -0.2) is 11.5 Å². The van der Waals surface area contributed by atoms with Crippen LogP contribution in [0.4, 0.5) is 0 Å². The van der Waals surface area contributed by atoms with Crippen molar-refractivity contribution in [1.82, 2.24) is 10.3 Å². The minimum absolute atomic E-state index is 0.445. The van der Waals surface area contributed by atoms with Gasteiger partial charge in [-0.3, -0.25) is 4.98 Å². The molecule has 2 rings (SSSR count). The Morgan fingerprint density at radius 2 is 2.50 bits per heavy atom. The average Bonchev–Trinajstić information content (AvgIpc) is 2.57. The van der Waals surface area contributed by atoms with Crippen molar-refractivity contribution in [3.8, 4) is 0 Å². The Morgan fingerprint density at radius 1 is 1.58 bits per heavy atom. The monoisotopic (exact) mass is 182 g/mol. The molecule has 3 heteroatoms. The van der Waals surface area contributed by atoms with Crippen LogP contribution in [0.15, 0.2) is 18.5 Å². The van der Waals surface area contributed by atoms with Gasteiger partial charge in [0.1, 0.15) is 0 Å². The standard InChI is InChI=1S/C9H11ClN2/c10-8-6-11-5-3-7(8)9-2-1-4-12-9/h3,5-6,9,12H,1-2,4H2/t9-/m0/s1. The molecule has 1 aromatic rings. The normalized spacial score (nSPS) is 22.9. The summed E-state index contributed by atoms with van der Waals surface area (Å²) in [6.07, 6.45) is 5.92. The van der Waals surface area contributed by atoms with Crippen molar-refractivity contribution in [2.24, 2.45) is 0 Å². The first kappa shape index (κ1) is 8.02. The highest BCUT2D eigenvalue weighted by atomic mass is 35.5. The number of pyridine rings is 1. The van der Waals surface area contributed by atoms with Crippen LogP contribution in [0.3, 0.4) is 0 Å². The van der Waals surface area contributed by atoms with Crippen molar-refractivity contribution in [1.29, 1.82) is 0 Å². The van der Waals surface area contributed by atoms with Crippen LogP contribution >= 0.6 is 11.6 Å². The summed E-state index contributed by atoms with van der Waals surface area (Å²) in [4.78, 5) is 3.96. The Balaban J connectivity index is 2.26. The van der Waals surface area contributed by atoms with Crippen molar-refractivity contribution in [2.75, 3.05) is 6.54 Å². The van der Waals surface area contributed by atoms with E-state index in [1.54, 1.807) is 12.4 Å². The molecule has 1 N–H and O–H groups in total. The molecule has 1 aromatic heterocycles. The lowest BCUT2D eigenvalue weighted by atomic mass is 10.1. The summed E-state index contributed by atoms with van der Waals surface area (Å²) in [6, 6.07) is 2.44. The molecular formula is C9H11ClN2. The lowest BCUT2D eigenvalue weighted by Crippen LogP contribution is -2.13. The number of halogens is 1. The molecule has 1 saturated heterocycles. The predicted octanol–water partition coefficient (Wildman–Crippen LogP) is 2.16. The van der Waals surface area contributed by atoms with Crippen molar-refractivity contribution < 1.29 is 0 Å². The fraction of sp³-hybridized carbons (Fsp3) is 0.444. The van der Waals surface area contributed by atoms with E-state index in [0.29, 0.717) is 6.04 Å². The molecule has 64 valence electrons. The highest BCUT2D eigenvalue weighted by Gasteiger charge is 2.17. The van der Waals surface area contributed by atoms with E-state index in [-0.39, 0.29) is 0 Å². The molecule has 0 aliphatic carbocycles. The number of nitrogens with zero attached hydrogens (tertiary/aromatic N) is 1. The molecule has 0 spiro atoms. The van der Waals surface area contributed by atoms with Gasteiger partial charge in [-0.2, -0.15) is 0 Å². The largest absolute Gasteiger partial charge is 0.310 e. The predicted molar refractivity (Wildman–Crippen MR) is 49.2 cm³/mol. The molecule has 1 aliphatic heterocycles. The van der Waals surface area contributed by atoms with E-state index in [2.05, 4.69) is 10.3 Å². The van der Waals surface area contributed by atoms with Gasteiger partial charge in [0.15, 0.2) is 0 Å². The number of hydrogen-bond acceptors (Lipinski definition) is 2. The molecule has 2 nitrogen and oxygen atoms in total. The molecule has 0 aromatic carbocycles. The summed E-state index contributed by atoms with van der Waals surface area (Å²) in [7, 11) is 0. The summed E-state index contributed by atoms with van der Waals surface area (Å²) in [5, 5.41) is 4.18. The SMILES string of the molecule is Clc1cnccc1[C@@H]1CCCN1. The van der Waals surface area contributed by atoms with Gasteiger partial charge in [-0.15, -0.1) is 0 Å². The van der Waals surface area contributed by atoms with Gasteiger partial charge in [0.25, 0.3) is 0 Å². The van der Waals surface area contributed by atoms with Gasteiger partial charge in [-0.25, -0.2) is 0 Å². The van der Waals surface area contributed by atoms with Crippen LogP contribution in [0.5, 0.6) is 0 Å². The van der Waals surface area contributed by atoms with Crippen molar-refractivity contribution in [3.63, 3.8) is 0 Å². The van der Waals surface area contributed by atoms with E-state index in [4.69, 9.17) is 11.6 Å². The molecule has 0 unspecified atom stereocenters. The Kier molecular flexibility index (Phi) is 2.28. The summed E-state index contributed by atoms with van der Waals surface area (Å²) in [5.41, 5.74) is 1.18. The maximum atomic E-state index is 6.00. The lowest BCUT2D eigenvalue weighted by molar-refractivity contribution is 0.647. The maximum Gasteiger partial charge on any atom is 0.0637 e. The highest BCUT2D eigenvalue weighted by molar-refractivity contribution is 6.31. The third kappa shape index (κ3) is 1.45. The molecular weight excluding hydrogens is 172 g/mol. The second-order valence-corrected chi connectivity index (χ2v) is 3.45. The molecule has 1 fully saturated rings. The average molecular weight is 183 g/mol. The third-order valence-electron chi connectivity index (χ3n) is 2.24. The summed E-state index contributed by atoms with van der Waals surface area (Å²) in [6.45, 7) is 1.10. The summed E-state index contributed by atoms with van der Waals surface area (Å²) in [5.74, 6) is 0. The van der Waals surface area contributed by atoms with Gasteiger partial charge in [-0.1, -0.05) is 11.6 Å². The van der Waals surface area contributed by atoms with Crippen molar-refractivity contribution in [2.45, 2.75) is 18.9 Å². The number of aromatic nitrogens is 1. The zero-order valence-corrected chi connectivity index (χ0v) is 7.51. The van der Waals surface area contributed by atoms with Crippen LogP contribution in [0.2, 0.25) is 5.02 Å². The zero-order chi connectivity index (χ0) is 8.39. The second-order valence-electron chi connectivity index (χ2n) is 3.05. The molecule has 0 saturated carbocycles. The summed E-state index contributed by atoms with van der Waals surface area (Å²) >= 11 is 6.00. The van der Waals surface area contributed by atoms with E-state index in [9.17, 15) is 0 Å². The van der Waals surface area contributed by atoms with Crippen molar-refractivity contribution in [3.05, 3.63) is 29.0 Å². The number of rotatable bonds is 1. The first-order valence-electron chi connectivity index (χ1n) is 4.21. The number of hydrogen-bond donors (Lipinski definition) is 1. The second kappa shape index (κ2) is 3.42. The first-order valence-corrected chi connectivity index (χ1v) is 4.58. The molecule has 1 aliphatic rings. The van der Waals surface area contributed by atoms with Crippen LogP contribution in [0.25, 0.3) is 0 Å². The molecule has 0 radical (unpaired) electrons. The van der Waals surface area contributed by atoms with Gasteiger partial charge in [-0.05, 0) is 31.0 Å². The van der Waals surface area contributed by atoms with Gasteiger partial charge in [0, 0.05) is 18.4 Å². The Morgan fingerprint density at radius 3 is 3.17 bits per heavy atom. The molecule has 12 heavy (non-hydrogen) atoms. The van der Waals surface area contributed by atoms with E-state index in [0.717, 1.165) is 11.6 Å². The van der Waals surface area contributed by atoms with E-state index in [1.807, 2.05) is 6.07 Å². The van der Waals surface area contributed by atoms with E-state index >= 15 is 0 Å². The fourth-order valence-electron chi connectivity index (χ4n) is 1.62. The quantitative estimate of drug-likeness (QED) is 0.720. The zero-order valence-electron chi connectivity index (χ0n) is 6.76. The third-order valence-corrected chi connectivity index (χ3v) is 2.56. The smallest absolute Gasteiger partial charge is 0.0637 e. The Labute approximate surface area is 77.0 Å². The van der Waals surface area contributed by atoms with E-state index in [1.165, 1.54) is 18.4 Å². The Hall–Kier alpha value is -0.600. The van der Waals surface area contributed by atoms with Crippen LogP contribution in [0, 0.1) is 0 Å². The van der Waals surface area contributed by atoms with Crippen molar-refractivity contribution >= 4 is 11.6 Å². The van der Waals surface area contributed by atoms with Gasteiger partial charge in [0.2, 0.25) is 0 Å². The topological polar surface area (TPSA) is 24.9 Å². The van der Waals surface area contributed by atoms with Gasteiger partial charge >= 0.3 is 0 Å².